The van der Waals surface area contributed by atoms with E-state index in [4.69, 9.17) is 0 Å². The van der Waals surface area contributed by atoms with E-state index in [9.17, 15) is 13.2 Å². The molecule has 0 aromatic heterocycles. The van der Waals surface area contributed by atoms with Crippen LogP contribution >= 0.6 is 0 Å². The lowest BCUT2D eigenvalue weighted by Crippen LogP contribution is -2.15. The summed E-state index contributed by atoms with van der Waals surface area (Å²) in [5, 5.41) is 0. The Kier molecular flexibility index (Phi) is 4.17. The van der Waals surface area contributed by atoms with Crippen molar-refractivity contribution in [1.82, 2.24) is 0 Å². The van der Waals surface area contributed by atoms with Gasteiger partial charge in [-0.05, 0) is 24.8 Å². The summed E-state index contributed by atoms with van der Waals surface area (Å²) in [4.78, 5) is 11.9. The second kappa shape index (κ2) is 5.65. The van der Waals surface area contributed by atoms with Gasteiger partial charge in [0.25, 0.3) is 0 Å². The Balaban J connectivity index is 1.76. The molecule has 3 nitrogen and oxygen atoms in total. The fraction of sp³-hybridized carbons (Fsp3) is 0.500. The smallest absolute Gasteiger partial charge is 0.151 e. The van der Waals surface area contributed by atoms with E-state index in [1.807, 2.05) is 30.3 Å². The maximum atomic E-state index is 11.9. The van der Waals surface area contributed by atoms with Gasteiger partial charge in [0.1, 0.15) is 5.78 Å². The lowest BCUT2D eigenvalue weighted by molar-refractivity contribution is -0.122. The minimum atomic E-state index is -2.94. The molecule has 1 aromatic carbocycles. The lowest BCUT2D eigenvalue weighted by atomic mass is 9.98. The maximum absolute atomic E-state index is 11.9. The summed E-state index contributed by atoms with van der Waals surface area (Å²) in [7, 11) is -2.94. The highest BCUT2D eigenvalue weighted by atomic mass is 32.2. The van der Waals surface area contributed by atoms with Crippen LogP contribution in [0.15, 0.2) is 30.3 Å². The molecule has 18 heavy (non-hydrogen) atoms. The molecule has 0 radical (unpaired) electrons. The second-order valence-electron chi connectivity index (χ2n) is 4.91. The first-order valence-corrected chi connectivity index (χ1v) is 8.16. The van der Waals surface area contributed by atoms with Gasteiger partial charge in [-0.25, -0.2) is 8.42 Å². The SMILES string of the molecule is O=C(CCCc1ccccc1)C1CCS(=O)(=O)C1. The topological polar surface area (TPSA) is 51.2 Å². The second-order valence-corrected chi connectivity index (χ2v) is 7.13. The highest BCUT2D eigenvalue weighted by Crippen LogP contribution is 2.21. The van der Waals surface area contributed by atoms with E-state index in [1.54, 1.807) is 0 Å². The van der Waals surface area contributed by atoms with Crippen LogP contribution < -0.4 is 0 Å². The van der Waals surface area contributed by atoms with Crippen LogP contribution in [0.4, 0.5) is 0 Å². The van der Waals surface area contributed by atoms with Crippen LogP contribution in [-0.4, -0.2) is 25.7 Å². The Morgan fingerprint density at radius 3 is 2.56 bits per heavy atom. The number of carbonyl (C=O) groups excluding carboxylic acids is 1. The van der Waals surface area contributed by atoms with E-state index in [2.05, 4.69) is 0 Å². The predicted octanol–water partition coefficient (Wildman–Crippen LogP) is 2.01. The van der Waals surface area contributed by atoms with Gasteiger partial charge in [-0.15, -0.1) is 0 Å². The van der Waals surface area contributed by atoms with Gasteiger partial charge in [-0.1, -0.05) is 30.3 Å². The number of sulfone groups is 1. The first-order chi connectivity index (χ1) is 8.57. The van der Waals surface area contributed by atoms with E-state index in [1.165, 1.54) is 5.56 Å². The van der Waals surface area contributed by atoms with Crippen molar-refractivity contribution in [1.29, 1.82) is 0 Å². The van der Waals surface area contributed by atoms with Crippen LogP contribution in [0.2, 0.25) is 0 Å². The molecule has 0 saturated carbocycles. The molecule has 98 valence electrons. The average Bonchev–Trinajstić information content (AvgIpc) is 2.71. The summed E-state index contributed by atoms with van der Waals surface area (Å²) >= 11 is 0. The van der Waals surface area contributed by atoms with Gasteiger partial charge >= 0.3 is 0 Å². The van der Waals surface area contributed by atoms with Gasteiger partial charge in [-0.3, -0.25) is 4.79 Å². The first kappa shape index (κ1) is 13.3. The van der Waals surface area contributed by atoms with Crippen molar-refractivity contribution in [3.8, 4) is 0 Å². The van der Waals surface area contributed by atoms with Crippen molar-refractivity contribution >= 4 is 15.6 Å². The number of carbonyl (C=O) groups is 1. The summed E-state index contributed by atoms with van der Waals surface area (Å²) < 4.78 is 22.6. The monoisotopic (exact) mass is 266 g/mol. The Hall–Kier alpha value is -1.16. The van der Waals surface area contributed by atoms with Gasteiger partial charge in [0.15, 0.2) is 9.84 Å². The summed E-state index contributed by atoms with van der Waals surface area (Å²) in [6, 6.07) is 10.0. The van der Waals surface area contributed by atoms with Crippen LogP contribution in [0.1, 0.15) is 24.8 Å². The molecule has 0 amide bonds. The summed E-state index contributed by atoms with van der Waals surface area (Å²) in [6.45, 7) is 0. The molecule has 1 unspecified atom stereocenters. The fourth-order valence-electron chi connectivity index (χ4n) is 2.36. The standard InChI is InChI=1S/C14H18O3S/c15-14(13-9-10-18(16,17)11-13)8-4-7-12-5-2-1-3-6-12/h1-3,5-6,13H,4,7-11H2. The molecule has 1 atom stereocenters. The number of aryl methyl sites for hydroxylation is 1. The molecule has 0 spiro atoms. The van der Waals surface area contributed by atoms with E-state index in [0.717, 1.165) is 12.8 Å². The third kappa shape index (κ3) is 3.67. The van der Waals surface area contributed by atoms with Crippen molar-refractivity contribution in [2.75, 3.05) is 11.5 Å². The van der Waals surface area contributed by atoms with Crippen molar-refractivity contribution in [3.63, 3.8) is 0 Å². The minimum absolute atomic E-state index is 0.0666. The molecule has 0 bridgehead atoms. The maximum Gasteiger partial charge on any atom is 0.151 e. The summed E-state index contributed by atoms with van der Waals surface area (Å²) in [6.07, 6.45) is 2.70. The third-order valence-corrected chi connectivity index (χ3v) is 5.19. The molecule has 2 rings (SSSR count). The molecular weight excluding hydrogens is 248 g/mol. The van der Waals surface area contributed by atoms with Gasteiger partial charge in [0.2, 0.25) is 0 Å². The zero-order valence-electron chi connectivity index (χ0n) is 10.3. The van der Waals surface area contributed by atoms with Crippen LogP contribution in [0.3, 0.4) is 0 Å². The van der Waals surface area contributed by atoms with Crippen molar-refractivity contribution in [2.45, 2.75) is 25.7 Å². The molecular formula is C14H18O3S. The van der Waals surface area contributed by atoms with Crippen LogP contribution in [0.25, 0.3) is 0 Å². The molecule has 1 fully saturated rings. The molecule has 0 N–H and O–H groups in total. The molecule has 1 heterocycles. The highest BCUT2D eigenvalue weighted by Gasteiger charge is 2.32. The quantitative estimate of drug-likeness (QED) is 0.819. The summed E-state index contributed by atoms with van der Waals surface area (Å²) in [5.74, 6) is 0.122. The van der Waals surface area contributed by atoms with Crippen LogP contribution in [0, 0.1) is 5.92 Å². The molecule has 1 aliphatic heterocycles. The Bertz CT molecular complexity index is 505. The third-order valence-electron chi connectivity index (χ3n) is 3.42. The summed E-state index contributed by atoms with van der Waals surface area (Å²) in [5.41, 5.74) is 1.23. The number of hydrogen-bond donors (Lipinski definition) is 0. The van der Waals surface area contributed by atoms with Gasteiger partial charge in [-0.2, -0.15) is 0 Å². The van der Waals surface area contributed by atoms with E-state index in [0.29, 0.717) is 12.8 Å². The van der Waals surface area contributed by atoms with Crippen molar-refractivity contribution < 1.29 is 13.2 Å². The number of rotatable bonds is 5. The van der Waals surface area contributed by atoms with Gasteiger partial charge in [0, 0.05) is 12.3 Å². The number of benzene rings is 1. The zero-order valence-corrected chi connectivity index (χ0v) is 11.2. The minimum Gasteiger partial charge on any atom is -0.299 e. The van der Waals surface area contributed by atoms with E-state index < -0.39 is 9.84 Å². The largest absolute Gasteiger partial charge is 0.299 e. The van der Waals surface area contributed by atoms with Gasteiger partial charge in [0.05, 0.1) is 11.5 Å². The first-order valence-electron chi connectivity index (χ1n) is 6.34. The van der Waals surface area contributed by atoms with Crippen molar-refractivity contribution in [3.05, 3.63) is 35.9 Å². The Morgan fingerprint density at radius 1 is 1.22 bits per heavy atom. The molecule has 0 aliphatic carbocycles. The van der Waals surface area contributed by atoms with Gasteiger partial charge < -0.3 is 0 Å². The number of ketones is 1. The fourth-order valence-corrected chi connectivity index (χ4v) is 4.14. The zero-order chi connectivity index (χ0) is 13.0. The molecule has 1 aromatic rings. The lowest BCUT2D eigenvalue weighted by Gasteiger charge is -2.06. The molecule has 1 saturated heterocycles. The molecule has 1 aliphatic rings. The normalized spacial score (nSPS) is 21.9. The number of Topliss-reactive ketones (excluding diaryl/α,β-unsaturated/α-hetero) is 1. The van der Waals surface area contributed by atoms with E-state index >= 15 is 0 Å². The van der Waals surface area contributed by atoms with Crippen molar-refractivity contribution in [2.24, 2.45) is 5.92 Å². The van der Waals surface area contributed by atoms with Crippen LogP contribution in [0.5, 0.6) is 0 Å². The predicted molar refractivity (Wildman–Crippen MR) is 71.1 cm³/mol. The van der Waals surface area contributed by atoms with Crippen LogP contribution in [-0.2, 0) is 21.1 Å². The average molecular weight is 266 g/mol. The Labute approximate surface area is 108 Å². The molecule has 4 heteroatoms. The van der Waals surface area contributed by atoms with E-state index in [-0.39, 0.29) is 23.2 Å². The Morgan fingerprint density at radius 2 is 1.94 bits per heavy atom. The number of hydrogen-bond acceptors (Lipinski definition) is 3. The highest BCUT2D eigenvalue weighted by molar-refractivity contribution is 7.91.